The summed E-state index contributed by atoms with van der Waals surface area (Å²) in [6.45, 7) is 2.06. The summed E-state index contributed by atoms with van der Waals surface area (Å²) in [6.07, 6.45) is 0. The van der Waals surface area contributed by atoms with Crippen molar-refractivity contribution in [2.75, 3.05) is 0 Å². The lowest BCUT2D eigenvalue weighted by Gasteiger charge is -1.65. The van der Waals surface area contributed by atoms with Gasteiger partial charge in [0, 0.05) is 5.38 Å². The van der Waals surface area contributed by atoms with Gasteiger partial charge >= 0.3 is 16.0 Å². The number of halogens is 2. The lowest BCUT2D eigenvalue weighted by molar-refractivity contribution is 1.56. The Bertz CT molecular complexity index is 130. The molecule has 0 bridgehead atoms. The van der Waals surface area contributed by atoms with Crippen LogP contribution in [0.1, 0.15) is 5.56 Å². The van der Waals surface area contributed by atoms with E-state index in [0.29, 0.717) is 0 Å². The zero-order chi connectivity index (χ0) is 7.11. The molecule has 1 heterocycles. The van der Waals surface area contributed by atoms with Crippen LogP contribution in [0, 0.1) is 12.3 Å². The van der Waals surface area contributed by atoms with Gasteiger partial charge in [0.15, 0.2) is 0 Å². The van der Waals surface area contributed by atoms with Crippen molar-refractivity contribution in [3.8, 4) is 0 Å². The third kappa shape index (κ3) is 7.32. The topological polar surface area (TPSA) is 0 Å². The average molecular weight is 281 g/mol. The fourth-order valence-corrected chi connectivity index (χ4v) is 0.864. The summed E-state index contributed by atoms with van der Waals surface area (Å²) in [5.41, 5.74) is 1.31. The van der Waals surface area contributed by atoms with Gasteiger partial charge in [-0.2, -0.15) is 0 Å². The third-order valence-corrected chi connectivity index (χ3v) is 1.34. The maximum atomic E-state index is 3.20. The van der Waals surface area contributed by atoms with E-state index in [2.05, 4.69) is 43.5 Å². The molecule has 47 valence electrons. The normalized spacial score (nSPS) is 7.00. The Labute approximate surface area is 81.5 Å². The molecule has 9 heavy (non-hydrogen) atoms. The van der Waals surface area contributed by atoms with E-state index in [9.17, 15) is 0 Å². The zero-order valence-electron chi connectivity index (χ0n) is 5.03. The van der Waals surface area contributed by atoms with Crippen LogP contribution in [-0.4, -0.2) is 16.0 Å². The van der Waals surface area contributed by atoms with Gasteiger partial charge in [0.05, 0.1) is 0 Å². The molecule has 1 rings (SSSR count). The Kier molecular flexibility index (Phi) is 8.73. The van der Waals surface area contributed by atoms with Crippen LogP contribution >= 0.6 is 37.1 Å². The molecule has 4 heteroatoms. The van der Waals surface area contributed by atoms with Gasteiger partial charge in [0.1, 0.15) is 0 Å². The Morgan fingerprint density at radius 1 is 1.67 bits per heavy atom. The highest BCUT2D eigenvalue weighted by atomic mass is 79.9. The second kappa shape index (κ2) is 7.53. The van der Waals surface area contributed by atoms with Crippen LogP contribution in [0.5, 0.6) is 0 Å². The molecule has 0 aliphatic rings. The summed E-state index contributed by atoms with van der Waals surface area (Å²) in [6, 6.07) is 1.98. The minimum atomic E-state index is 0.0417. The number of rotatable bonds is 0. The van der Waals surface area contributed by atoms with Gasteiger partial charge in [0.25, 0.3) is 0 Å². The summed E-state index contributed by atoms with van der Waals surface area (Å²) in [5, 5.41) is 5.04. The van der Waals surface area contributed by atoms with Crippen molar-refractivity contribution in [1.82, 2.24) is 0 Å². The second-order valence-corrected chi connectivity index (χ2v) is 10.1. The van der Waals surface area contributed by atoms with E-state index in [1.165, 1.54) is 5.56 Å². The van der Waals surface area contributed by atoms with Crippen molar-refractivity contribution < 1.29 is 0 Å². The molecule has 0 fully saturated rings. The third-order valence-electron chi connectivity index (χ3n) is 0.599. The maximum absolute atomic E-state index is 3.20. The average Bonchev–Trinajstić information content (AvgIpc) is 2.20. The molecule has 0 amide bonds. The summed E-state index contributed by atoms with van der Waals surface area (Å²) in [4.78, 5) is 0. The molecule has 0 aliphatic carbocycles. The van der Waals surface area contributed by atoms with Gasteiger partial charge in [-0.25, -0.2) is 0 Å². The van der Waals surface area contributed by atoms with E-state index in [-0.39, 0.29) is 16.0 Å². The van der Waals surface area contributed by atoms with E-state index in [0.717, 1.165) is 0 Å². The molecular formula is C5H5Br2MgS. The molecule has 0 aliphatic heterocycles. The van der Waals surface area contributed by atoms with Crippen molar-refractivity contribution in [2.45, 2.75) is 6.92 Å². The van der Waals surface area contributed by atoms with Gasteiger partial charge in [0.2, 0.25) is 0 Å². The largest absolute Gasteiger partial charge is 0.560 e. The molecule has 1 radical (unpaired) electrons. The van der Waals surface area contributed by atoms with Crippen molar-refractivity contribution >= 4 is 53.1 Å². The van der Waals surface area contributed by atoms with E-state index in [1.54, 1.807) is 11.3 Å². The molecule has 0 nitrogen and oxygen atoms in total. The Balaban J connectivity index is 0.000000187. The number of aryl methyl sites for hydroxylation is 1. The van der Waals surface area contributed by atoms with Crippen LogP contribution < -0.4 is 0 Å². The highest BCUT2D eigenvalue weighted by Gasteiger charge is 1.75. The Morgan fingerprint density at radius 3 is 2.33 bits per heavy atom. The highest BCUT2D eigenvalue weighted by Crippen LogP contribution is 2.00. The van der Waals surface area contributed by atoms with E-state index in [1.807, 2.05) is 6.07 Å². The second-order valence-electron chi connectivity index (χ2n) is 1.34. The summed E-state index contributed by atoms with van der Waals surface area (Å²) < 4.78 is 0. The van der Waals surface area contributed by atoms with Crippen LogP contribution in [0.4, 0.5) is 0 Å². The molecule has 1 aromatic rings. The summed E-state index contributed by atoms with van der Waals surface area (Å²) in [7, 11) is 0. The van der Waals surface area contributed by atoms with Gasteiger partial charge in [-0.15, -0.1) is 11.3 Å². The van der Waals surface area contributed by atoms with Crippen LogP contribution in [0.2, 0.25) is 0 Å². The molecular weight excluding hydrogens is 276 g/mol. The van der Waals surface area contributed by atoms with Crippen LogP contribution in [-0.2, 0) is 0 Å². The molecule has 0 atom stereocenters. The predicted molar refractivity (Wildman–Crippen MR) is 51.5 cm³/mol. The fourth-order valence-electron chi connectivity index (χ4n) is 0.288. The van der Waals surface area contributed by atoms with E-state index >= 15 is 0 Å². The fraction of sp³-hybridized carbons (Fsp3) is 0.200. The number of thiophene rings is 1. The first-order valence-electron chi connectivity index (χ1n) is 2.34. The molecule has 0 unspecified atom stereocenters. The van der Waals surface area contributed by atoms with Gasteiger partial charge < -0.3 is 0 Å². The minimum absolute atomic E-state index is 0.0417. The van der Waals surface area contributed by atoms with Gasteiger partial charge in [-0.1, -0.05) is 0 Å². The SMILES string of the molecule is Cc1c[c]sc1.[Br][Mg][Br]. The summed E-state index contributed by atoms with van der Waals surface area (Å²) >= 11 is 8.06. The van der Waals surface area contributed by atoms with Crippen molar-refractivity contribution in [1.29, 1.82) is 0 Å². The van der Waals surface area contributed by atoms with Crippen LogP contribution in [0.15, 0.2) is 11.4 Å². The quantitative estimate of drug-likeness (QED) is 0.641. The first-order chi connectivity index (χ1) is 4.31. The highest BCUT2D eigenvalue weighted by molar-refractivity contribution is 9.47. The monoisotopic (exact) mass is 279 g/mol. The molecule has 0 saturated heterocycles. The van der Waals surface area contributed by atoms with Gasteiger partial charge in [-0.3, -0.25) is 25.8 Å². The lowest BCUT2D eigenvalue weighted by atomic mass is 10.4. The first kappa shape index (κ1) is 10.4. The zero-order valence-corrected chi connectivity index (χ0v) is 10.4. The summed E-state index contributed by atoms with van der Waals surface area (Å²) in [5.74, 6) is 0. The van der Waals surface area contributed by atoms with Crippen LogP contribution in [0.25, 0.3) is 0 Å². The van der Waals surface area contributed by atoms with E-state index in [4.69, 9.17) is 0 Å². The minimum Gasteiger partial charge on any atom is -0.280 e. The van der Waals surface area contributed by atoms with Crippen molar-refractivity contribution in [3.05, 3.63) is 22.4 Å². The van der Waals surface area contributed by atoms with Crippen LogP contribution in [0.3, 0.4) is 0 Å². The lowest BCUT2D eigenvalue weighted by Crippen LogP contribution is -1.48. The smallest absolute Gasteiger partial charge is 0.280 e. The first-order valence-corrected chi connectivity index (χ1v) is 11.0. The van der Waals surface area contributed by atoms with Crippen molar-refractivity contribution in [2.24, 2.45) is 0 Å². The Morgan fingerprint density at radius 2 is 2.22 bits per heavy atom. The molecule has 0 N–H and O–H groups in total. The number of hydrogen-bond donors (Lipinski definition) is 0. The number of hydrogen-bond acceptors (Lipinski definition) is 1. The van der Waals surface area contributed by atoms with Crippen molar-refractivity contribution in [3.63, 3.8) is 0 Å². The molecule has 0 aromatic carbocycles. The predicted octanol–water partition coefficient (Wildman–Crippen LogP) is 3.17. The maximum Gasteiger partial charge on any atom is 0.560 e. The molecule has 0 spiro atoms. The molecule has 0 saturated carbocycles. The standard InChI is InChI=1S/C5H5S.2BrH.Mg/c1-5-2-3-6-4-5;;;/h2,4H,1H3;2*1H;/q;;;+2/p-2. The molecule has 1 aromatic heterocycles. The van der Waals surface area contributed by atoms with E-state index < -0.39 is 0 Å². The Hall–Kier alpha value is 1.43. The van der Waals surface area contributed by atoms with Gasteiger partial charge in [-0.05, 0) is 23.9 Å².